The van der Waals surface area contributed by atoms with Crippen molar-refractivity contribution in [1.29, 1.82) is 0 Å². The fourth-order valence-corrected chi connectivity index (χ4v) is 0.893. The maximum Gasteiger partial charge on any atom is 0.208 e. The normalized spacial score (nSPS) is 11.5. The van der Waals surface area contributed by atoms with E-state index in [0.717, 1.165) is 6.07 Å². The van der Waals surface area contributed by atoms with Crippen LogP contribution in [0.5, 0.6) is 0 Å². The number of rotatable bonds is 1. The van der Waals surface area contributed by atoms with Crippen LogP contribution in [0.1, 0.15) is 0 Å². The molecule has 0 radical (unpaired) electrons. The minimum atomic E-state index is -0.550. The van der Waals surface area contributed by atoms with Crippen LogP contribution in [0.4, 0.5) is 10.1 Å². The van der Waals surface area contributed by atoms with Gasteiger partial charge >= 0.3 is 0 Å². The molecule has 0 fully saturated rings. The van der Waals surface area contributed by atoms with Crippen LogP contribution in [0, 0.1) is 5.82 Å². The van der Waals surface area contributed by atoms with E-state index in [0.29, 0.717) is 5.02 Å². The highest BCUT2D eigenvalue weighted by atomic mass is 35.5. The second kappa shape index (κ2) is 4.06. The SMILES string of the molecule is NNC(N)=Nc1ccc(Cl)cc1F. The van der Waals surface area contributed by atoms with E-state index in [2.05, 4.69) is 10.4 Å². The first kappa shape index (κ1) is 9.76. The molecule has 4 nitrogen and oxygen atoms in total. The molecule has 0 aliphatic rings. The van der Waals surface area contributed by atoms with Gasteiger partial charge in [-0.1, -0.05) is 11.6 Å². The summed E-state index contributed by atoms with van der Waals surface area (Å²) in [6, 6.07) is 4.05. The van der Waals surface area contributed by atoms with Crippen molar-refractivity contribution in [2.75, 3.05) is 0 Å². The molecule has 0 saturated carbocycles. The first-order valence-corrected chi connectivity index (χ1v) is 3.77. The Morgan fingerprint density at radius 3 is 2.77 bits per heavy atom. The van der Waals surface area contributed by atoms with Crippen LogP contribution < -0.4 is 17.0 Å². The second-order valence-corrected chi connectivity index (χ2v) is 2.67. The van der Waals surface area contributed by atoms with Gasteiger partial charge in [-0.15, -0.1) is 0 Å². The topological polar surface area (TPSA) is 76.4 Å². The Kier molecular flexibility index (Phi) is 3.05. The van der Waals surface area contributed by atoms with Gasteiger partial charge in [-0.05, 0) is 18.2 Å². The number of hydrogen-bond donors (Lipinski definition) is 3. The Balaban J connectivity index is 3.03. The third kappa shape index (κ3) is 2.57. The first-order valence-electron chi connectivity index (χ1n) is 3.39. The molecule has 0 aromatic heterocycles. The summed E-state index contributed by atoms with van der Waals surface area (Å²) in [7, 11) is 0. The summed E-state index contributed by atoms with van der Waals surface area (Å²) in [4.78, 5) is 3.64. The quantitative estimate of drug-likeness (QED) is 0.274. The molecule has 0 bridgehead atoms. The van der Waals surface area contributed by atoms with Crippen molar-refractivity contribution in [2.24, 2.45) is 16.6 Å². The van der Waals surface area contributed by atoms with Crippen LogP contribution in [0.3, 0.4) is 0 Å². The fourth-order valence-electron chi connectivity index (χ4n) is 0.734. The fraction of sp³-hybridized carbons (Fsp3) is 0. The van der Waals surface area contributed by atoms with Crippen LogP contribution in [-0.2, 0) is 0 Å². The Bertz CT molecular complexity index is 339. The third-order valence-corrected chi connectivity index (χ3v) is 1.53. The largest absolute Gasteiger partial charge is 0.369 e. The van der Waals surface area contributed by atoms with Crippen molar-refractivity contribution in [3.63, 3.8) is 0 Å². The summed E-state index contributed by atoms with van der Waals surface area (Å²) in [5.74, 6) is 4.33. The average molecular weight is 203 g/mol. The van der Waals surface area contributed by atoms with E-state index >= 15 is 0 Å². The monoisotopic (exact) mass is 202 g/mol. The summed E-state index contributed by atoms with van der Waals surface area (Å²) < 4.78 is 13.0. The van der Waals surface area contributed by atoms with E-state index in [1.54, 1.807) is 0 Å². The van der Waals surface area contributed by atoms with E-state index in [1.807, 2.05) is 0 Å². The number of halogens is 2. The molecule has 0 atom stereocenters. The first-order chi connectivity index (χ1) is 6.13. The van der Waals surface area contributed by atoms with Gasteiger partial charge in [-0.2, -0.15) is 0 Å². The molecule has 13 heavy (non-hydrogen) atoms. The molecule has 0 unspecified atom stereocenters. The number of hydrogen-bond acceptors (Lipinski definition) is 2. The lowest BCUT2D eigenvalue weighted by atomic mass is 10.3. The summed E-state index contributed by atoms with van der Waals surface area (Å²) in [5.41, 5.74) is 7.39. The molecular weight excluding hydrogens is 195 g/mol. The summed E-state index contributed by atoms with van der Waals surface area (Å²) in [6.07, 6.45) is 0. The molecule has 6 heteroatoms. The van der Waals surface area contributed by atoms with Crippen LogP contribution in [0.15, 0.2) is 23.2 Å². The van der Waals surface area contributed by atoms with Crippen molar-refractivity contribution in [3.05, 3.63) is 29.0 Å². The molecule has 70 valence electrons. The molecule has 1 aromatic carbocycles. The molecule has 0 heterocycles. The van der Waals surface area contributed by atoms with E-state index < -0.39 is 5.82 Å². The smallest absolute Gasteiger partial charge is 0.208 e. The van der Waals surface area contributed by atoms with Gasteiger partial charge in [0.25, 0.3) is 0 Å². The van der Waals surface area contributed by atoms with Gasteiger partial charge in [0, 0.05) is 5.02 Å². The van der Waals surface area contributed by atoms with Gasteiger partial charge in [0.2, 0.25) is 5.96 Å². The number of guanidine groups is 1. The zero-order chi connectivity index (χ0) is 9.84. The van der Waals surface area contributed by atoms with Gasteiger partial charge in [0.1, 0.15) is 11.5 Å². The minimum Gasteiger partial charge on any atom is -0.369 e. The Morgan fingerprint density at radius 2 is 2.23 bits per heavy atom. The van der Waals surface area contributed by atoms with Crippen LogP contribution in [0.2, 0.25) is 5.02 Å². The van der Waals surface area contributed by atoms with Crippen molar-refractivity contribution in [1.82, 2.24) is 5.43 Å². The lowest BCUT2D eigenvalue weighted by Crippen LogP contribution is -2.36. The van der Waals surface area contributed by atoms with Gasteiger partial charge in [0.05, 0.1) is 0 Å². The van der Waals surface area contributed by atoms with Gasteiger partial charge in [-0.3, -0.25) is 5.43 Å². The molecule has 0 saturated heterocycles. The highest BCUT2D eigenvalue weighted by Gasteiger charge is 2.01. The van der Waals surface area contributed by atoms with Gasteiger partial charge in [-0.25, -0.2) is 15.2 Å². The second-order valence-electron chi connectivity index (χ2n) is 2.24. The van der Waals surface area contributed by atoms with Gasteiger partial charge < -0.3 is 5.73 Å². The molecule has 0 aliphatic heterocycles. The van der Waals surface area contributed by atoms with Gasteiger partial charge in [0.15, 0.2) is 0 Å². The maximum atomic E-state index is 13.0. The zero-order valence-corrected chi connectivity index (χ0v) is 7.35. The lowest BCUT2D eigenvalue weighted by molar-refractivity contribution is 0.630. The van der Waals surface area contributed by atoms with Crippen molar-refractivity contribution in [2.45, 2.75) is 0 Å². The van der Waals surface area contributed by atoms with E-state index in [-0.39, 0.29) is 11.6 Å². The molecule has 1 aromatic rings. The van der Waals surface area contributed by atoms with Crippen LogP contribution in [0.25, 0.3) is 0 Å². The molecule has 0 aliphatic carbocycles. The Hall–Kier alpha value is -1.33. The van der Waals surface area contributed by atoms with E-state index in [4.69, 9.17) is 23.2 Å². The highest BCUT2D eigenvalue weighted by molar-refractivity contribution is 6.30. The van der Waals surface area contributed by atoms with Crippen LogP contribution >= 0.6 is 11.6 Å². The summed E-state index contributed by atoms with van der Waals surface area (Å²) >= 11 is 5.53. The number of aliphatic imine (C=N–C) groups is 1. The number of benzene rings is 1. The Labute approximate surface area is 79.4 Å². The number of hydrazine groups is 1. The Morgan fingerprint density at radius 1 is 1.54 bits per heavy atom. The number of nitrogens with zero attached hydrogens (tertiary/aromatic N) is 1. The zero-order valence-electron chi connectivity index (χ0n) is 6.59. The van der Waals surface area contributed by atoms with Crippen LogP contribution in [-0.4, -0.2) is 5.96 Å². The average Bonchev–Trinajstić information content (AvgIpc) is 2.09. The minimum absolute atomic E-state index is 0.0683. The van der Waals surface area contributed by atoms with Crippen molar-refractivity contribution < 1.29 is 4.39 Å². The molecule has 5 N–H and O–H groups in total. The molecule has 0 amide bonds. The predicted octanol–water partition coefficient (Wildman–Crippen LogP) is 0.889. The highest BCUT2D eigenvalue weighted by Crippen LogP contribution is 2.20. The standard InChI is InChI=1S/C7H8ClFN4/c8-4-1-2-6(5(9)3-4)12-7(10)13-11/h1-3H,11H2,(H3,10,12,13). The number of nitrogens with one attached hydrogen (secondary N) is 1. The number of nitrogens with two attached hydrogens (primary N) is 2. The molecular formula is C7H8ClFN4. The molecule has 0 spiro atoms. The lowest BCUT2D eigenvalue weighted by Gasteiger charge is -1.99. The predicted molar refractivity (Wildman–Crippen MR) is 50.0 cm³/mol. The summed E-state index contributed by atoms with van der Waals surface area (Å²) in [6.45, 7) is 0. The maximum absolute atomic E-state index is 13.0. The molecule has 1 rings (SSSR count). The van der Waals surface area contributed by atoms with E-state index in [9.17, 15) is 4.39 Å². The van der Waals surface area contributed by atoms with Crippen molar-refractivity contribution >= 4 is 23.2 Å². The third-order valence-electron chi connectivity index (χ3n) is 1.30. The van der Waals surface area contributed by atoms with E-state index in [1.165, 1.54) is 12.1 Å². The van der Waals surface area contributed by atoms with Crippen molar-refractivity contribution in [3.8, 4) is 0 Å². The summed E-state index contributed by atoms with van der Waals surface area (Å²) in [5, 5.41) is 0.302.